The number of hydrogen-bond donors (Lipinski definition) is 1. The summed E-state index contributed by atoms with van der Waals surface area (Å²) in [5.41, 5.74) is 1.38. The molecule has 2 saturated heterocycles. The highest BCUT2D eigenvalue weighted by molar-refractivity contribution is 7.87. The van der Waals surface area contributed by atoms with E-state index in [1.165, 1.54) is 5.56 Å². The van der Waals surface area contributed by atoms with E-state index < -0.39 is 10.2 Å². The highest BCUT2D eigenvalue weighted by atomic mass is 32.2. The van der Waals surface area contributed by atoms with Crippen LogP contribution in [-0.4, -0.2) is 56.4 Å². The molecule has 0 aromatic heterocycles. The topological polar surface area (TPSA) is 52.7 Å². The van der Waals surface area contributed by atoms with Crippen molar-refractivity contribution in [2.24, 2.45) is 0 Å². The molecule has 2 heterocycles. The van der Waals surface area contributed by atoms with Gasteiger partial charge in [-0.1, -0.05) is 36.8 Å². The third-order valence-electron chi connectivity index (χ3n) is 5.26. The third kappa shape index (κ3) is 5.78. The van der Waals surface area contributed by atoms with E-state index in [-0.39, 0.29) is 6.04 Å². The lowest BCUT2D eigenvalue weighted by Gasteiger charge is -2.35. The Morgan fingerprint density at radius 1 is 1.00 bits per heavy atom. The Labute approximate surface area is 152 Å². The van der Waals surface area contributed by atoms with Gasteiger partial charge in [-0.05, 0) is 57.2 Å². The maximum atomic E-state index is 12.6. The summed E-state index contributed by atoms with van der Waals surface area (Å²) >= 11 is 0. The molecule has 0 radical (unpaired) electrons. The number of likely N-dealkylation sites (tertiary alicyclic amines) is 1. The smallest absolute Gasteiger partial charge is 0.279 e. The van der Waals surface area contributed by atoms with E-state index in [2.05, 4.69) is 33.9 Å². The maximum absolute atomic E-state index is 12.6. The van der Waals surface area contributed by atoms with Gasteiger partial charge in [-0.15, -0.1) is 0 Å². The molecule has 0 bridgehead atoms. The summed E-state index contributed by atoms with van der Waals surface area (Å²) in [6, 6.07) is 10.6. The zero-order chi connectivity index (χ0) is 17.5. The van der Waals surface area contributed by atoms with Crippen LogP contribution in [0.2, 0.25) is 0 Å². The van der Waals surface area contributed by atoms with Crippen LogP contribution in [0.25, 0.3) is 0 Å². The van der Waals surface area contributed by atoms with Gasteiger partial charge in [-0.2, -0.15) is 17.4 Å². The van der Waals surface area contributed by atoms with E-state index in [4.69, 9.17) is 0 Å². The van der Waals surface area contributed by atoms with E-state index >= 15 is 0 Å². The van der Waals surface area contributed by atoms with Crippen molar-refractivity contribution in [3.05, 3.63) is 35.9 Å². The molecule has 25 heavy (non-hydrogen) atoms. The van der Waals surface area contributed by atoms with Gasteiger partial charge >= 0.3 is 0 Å². The summed E-state index contributed by atoms with van der Waals surface area (Å²) in [6.07, 6.45) is 7.33. The number of aryl methyl sites for hydroxylation is 1. The van der Waals surface area contributed by atoms with Crippen LogP contribution in [0, 0.1) is 0 Å². The molecule has 0 unspecified atom stereocenters. The van der Waals surface area contributed by atoms with E-state index in [9.17, 15) is 8.42 Å². The molecule has 2 aliphatic heterocycles. The normalized spacial score (nSPS) is 23.6. The minimum atomic E-state index is -3.31. The highest BCUT2D eigenvalue weighted by Gasteiger charge is 2.29. The average molecular weight is 366 g/mol. The summed E-state index contributed by atoms with van der Waals surface area (Å²) in [7, 11) is -3.31. The van der Waals surface area contributed by atoms with E-state index in [1.807, 2.05) is 6.07 Å². The van der Waals surface area contributed by atoms with Crippen LogP contribution in [0.15, 0.2) is 30.3 Å². The van der Waals surface area contributed by atoms with Crippen LogP contribution in [0.4, 0.5) is 0 Å². The maximum Gasteiger partial charge on any atom is 0.279 e. The second-order valence-corrected chi connectivity index (χ2v) is 9.01. The minimum absolute atomic E-state index is 0.0531. The third-order valence-corrected chi connectivity index (χ3v) is 6.93. The molecule has 3 rings (SSSR count). The molecule has 1 aromatic carbocycles. The summed E-state index contributed by atoms with van der Waals surface area (Å²) in [6.45, 7) is 4.29. The van der Waals surface area contributed by atoms with Gasteiger partial charge < -0.3 is 4.90 Å². The molecule has 0 amide bonds. The lowest BCUT2D eigenvalue weighted by Crippen LogP contribution is -2.52. The van der Waals surface area contributed by atoms with Gasteiger partial charge in [0.2, 0.25) is 0 Å². The molecular weight excluding hydrogens is 334 g/mol. The average Bonchev–Trinajstić information content (AvgIpc) is 2.63. The van der Waals surface area contributed by atoms with Gasteiger partial charge in [0, 0.05) is 25.7 Å². The second kappa shape index (κ2) is 9.12. The molecule has 1 aromatic rings. The van der Waals surface area contributed by atoms with Crippen LogP contribution in [0.3, 0.4) is 0 Å². The lowest BCUT2D eigenvalue weighted by molar-refractivity contribution is 0.198. The van der Waals surface area contributed by atoms with Crippen molar-refractivity contribution in [1.82, 2.24) is 13.9 Å². The number of nitrogens with zero attached hydrogens (tertiary/aromatic N) is 2. The molecule has 0 spiro atoms. The SMILES string of the molecule is O=S(=O)(N[C@H]1CCCN(CCCc2ccccc2)C1)N1CCCCC1. The summed E-state index contributed by atoms with van der Waals surface area (Å²) in [5, 5.41) is 0. The number of benzene rings is 1. The Kier molecular flexibility index (Phi) is 6.87. The Hall–Kier alpha value is -0.950. The first-order valence-electron chi connectivity index (χ1n) is 9.67. The van der Waals surface area contributed by atoms with Crippen LogP contribution in [0.5, 0.6) is 0 Å². The van der Waals surface area contributed by atoms with Crippen molar-refractivity contribution in [2.45, 2.75) is 51.0 Å². The summed E-state index contributed by atoms with van der Waals surface area (Å²) in [5.74, 6) is 0. The predicted molar refractivity (Wildman–Crippen MR) is 102 cm³/mol. The lowest BCUT2D eigenvalue weighted by atomic mass is 10.1. The number of rotatable bonds is 7. The number of hydrogen-bond acceptors (Lipinski definition) is 3. The first-order valence-corrected chi connectivity index (χ1v) is 11.1. The monoisotopic (exact) mass is 365 g/mol. The van der Waals surface area contributed by atoms with Crippen molar-refractivity contribution in [1.29, 1.82) is 0 Å². The Bertz CT molecular complexity index is 615. The zero-order valence-electron chi connectivity index (χ0n) is 15.1. The molecule has 2 aliphatic rings. The van der Waals surface area contributed by atoms with Gasteiger partial charge in [0.05, 0.1) is 0 Å². The predicted octanol–water partition coefficient (Wildman–Crippen LogP) is 2.40. The minimum Gasteiger partial charge on any atom is -0.302 e. The van der Waals surface area contributed by atoms with Gasteiger partial charge in [0.1, 0.15) is 0 Å². The fourth-order valence-electron chi connectivity index (χ4n) is 3.90. The Morgan fingerprint density at radius 2 is 1.76 bits per heavy atom. The van der Waals surface area contributed by atoms with Crippen molar-refractivity contribution in [3.8, 4) is 0 Å². The van der Waals surface area contributed by atoms with Crippen molar-refractivity contribution in [3.63, 3.8) is 0 Å². The molecule has 0 saturated carbocycles. The molecule has 1 atom stereocenters. The van der Waals surface area contributed by atoms with Crippen molar-refractivity contribution < 1.29 is 8.42 Å². The van der Waals surface area contributed by atoms with Crippen LogP contribution in [0.1, 0.15) is 44.1 Å². The summed E-state index contributed by atoms with van der Waals surface area (Å²) < 4.78 is 29.7. The number of piperidine rings is 2. The molecule has 0 aliphatic carbocycles. The van der Waals surface area contributed by atoms with Crippen molar-refractivity contribution in [2.75, 3.05) is 32.7 Å². The molecular formula is C19H31N3O2S. The van der Waals surface area contributed by atoms with Crippen LogP contribution >= 0.6 is 0 Å². The van der Waals surface area contributed by atoms with E-state index in [0.717, 1.165) is 64.6 Å². The number of nitrogens with one attached hydrogen (secondary N) is 1. The quantitative estimate of drug-likeness (QED) is 0.807. The highest BCUT2D eigenvalue weighted by Crippen LogP contribution is 2.16. The first-order chi connectivity index (χ1) is 12.1. The fraction of sp³-hybridized carbons (Fsp3) is 0.684. The molecule has 1 N–H and O–H groups in total. The molecule has 5 nitrogen and oxygen atoms in total. The zero-order valence-corrected chi connectivity index (χ0v) is 15.9. The Morgan fingerprint density at radius 3 is 2.52 bits per heavy atom. The molecule has 140 valence electrons. The molecule has 2 fully saturated rings. The van der Waals surface area contributed by atoms with Gasteiger partial charge in [-0.3, -0.25) is 0 Å². The second-order valence-electron chi connectivity index (χ2n) is 7.31. The van der Waals surface area contributed by atoms with E-state index in [1.54, 1.807) is 4.31 Å². The largest absolute Gasteiger partial charge is 0.302 e. The standard InChI is InChI=1S/C19H31N3O2S/c23-25(24,22-15-5-2-6-16-22)20-19-12-8-14-21(17-19)13-7-11-18-9-3-1-4-10-18/h1,3-4,9-10,19-20H,2,5-8,11-17H2/t19-/m0/s1. The van der Waals surface area contributed by atoms with Gasteiger partial charge in [0.15, 0.2) is 0 Å². The van der Waals surface area contributed by atoms with Crippen LogP contribution < -0.4 is 4.72 Å². The summed E-state index contributed by atoms with van der Waals surface area (Å²) in [4.78, 5) is 2.41. The van der Waals surface area contributed by atoms with E-state index in [0.29, 0.717) is 13.1 Å². The molecule has 6 heteroatoms. The van der Waals surface area contributed by atoms with Crippen LogP contribution in [-0.2, 0) is 16.6 Å². The fourth-order valence-corrected chi connectivity index (χ4v) is 5.40. The van der Waals surface area contributed by atoms with Gasteiger partial charge in [-0.25, -0.2) is 0 Å². The first kappa shape index (κ1) is 18.8. The van der Waals surface area contributed by atoms with Gasteiger partial charge in [0.25, 0.3) is 10.2 Å². The Balaban J connectivity index is 1.44. The van der Waals surface area contributed by atoms with Crippen molar-refractivity contribution >= 4 is 10.2 Å².